The highest BCUT2D eigenvalue weighted by molar-refractivity contribution is 5.11. The molecule has 0 bridgehead atoms. The van der Waals surface area contributed by atoms with Crippen molar-refractivity contribution in [2.45, 2.75) is 77.8 Å². The summed E-state index contributed by atoms with van der Waals surface area (Å²) in [6.45, 7) is 15.9. The quantitative estimate of drug-likeness (QED) is 0.844. The van der Waals surface area contributed by atoms with Crippen molar-refractivity contribution in [3.8, 4) is 0 Å². The number of hydrogen-bond acceptors (Lipinski definition) is 2. The van der Waals surface area contributed by atoms with Crippen molar-refractivity contribution >= 4 is 0 Å². The van der Waals surface area contributed by atoms with E-state index in [1.54, 1.807) is 0 Å². The number of rotatable bonds is 4. The highest BCUT2D eigenvalue weighted by Crippen LogP contribution is 2.48. The Kier molecular flexibility index (Phi) is 3.49. The van der Waals surface area contributed by atoms with E-state index >= 15 is 0 Å². The van der Waals surface area contributed by atoms with Crippen LogP contribution in [0.3, 0.4) is 0 Å². The Morgan fingerprint density at radius 2 is 1.65 bits per heavy atom. The Hall–Kier alpha value is -0.0800. The van der Waals surface area contributed by atoms with Crippen LogP contribution in [0, 0.1) is 17.3 Å². The molecule has 2 atom stereocenters. The van der Waals surface area contributed by atoms with E-state index in [-0.39, 0.29) is 0 Å². The standard InChI is InChI=1S/C18H34N2/c1-16(2,3)10-11-20-13-17(4,14-6-7-14)19-12-18(20,5)15-8-9-15/h14-15,19H,6-13H2,1-5H3. The largest absolute Gasteiger partial charge is 0.308 e. The van der Waals surface area contributed by atoms with Crippen LogP contribution in [0.25, 0.3) is 0 Å². The second-order valence-electron chi connectivity index (χ2n) is 9.41. The highest BCUT2D eigenvalue weighted by atomic mass is 15.3. The van der Waals surface area contributed by atoms with Crippen LogP contribution in [0.5, 0.6) is 0 Å². The Balaban J connectivity index is 1.71. The van der Waals surface area contributed by atoms with Gasteiger partial charge in [0.05, 0.1) is 0 Å². The minimum absolute atomic E-state index is 0.381. The lowest BCUT2D eigenvalue weighted by Crippen LogP contribution is -2.70. The average molecular weight is 278 g/mol. The second kappa shape index (κ2) is 4.71. The van der Waals surface area contributed by atoms with E-state index in [4.69, 9.17) is 0 Å². The first kappa shape index (κ1) is 14.8. The van der Waals surface area contributed by atoms with Gasteiger partial charge in [0.25, 0.3) is 0 Å². The maximum absolute atomic E-state index is 3.95. The minimum atomic E-state index is 0.381. The summed E-state index contributed by atoms with van der Waals surface area (Å²) in [6, 6.07) is 0. The van der Waals surface area contributed by atoms with Crippen molar-refractivity contribution < 1.29 is 0 Å². The molecule has 1 N–H and O–H groups in total. The predicted octanol–water partition coefficient (Wildman–Crippen LogP) is 3.67. The summed E-state index contributed by atoms with van der Waals surface area (Å²) < 4.78 is 0. The van der Waals surface area contributed by atoms with Crippen molar-refractivity contribution in [1.29, 1.82) is 0 Å². The number of hydrogen-bond donors (Lipinski definition) is 1. The van der Waals surface area contributed by atoms with Crippen molar-refractivity contribution in [1.82, 2.24) is 10.2 Å². The molecule has 3 aliphatic rings. The van der Waals surface area contributed by atoms with Crippen LogP contribution in [0.4, 0.5) is 0 Å². The molecule has 1 heterocycles. The third-order valence-corrected chi connectivity index (χ3v) is 6.16. The number of nitrogens with one attached hydrogen (secondary N) is 1. The van der Waals surface area contributed by atoms with Gasteiger partial charge in [-0.05, 0) is 69.7 Å². The number of piperazine rings is 1. The maximum atomic E-state index is 3.95. The normalized spacial score (nSPS) is 40.0. The van der Waals surface area contributed by atoms with Crippen LogP contribution in [-0.2, 0) is 0 Å². The summed E-state index contributed by atoms with van der Waals surface area (Å²) in [6.07, 6.45) is 7.10. The van der Waals surface area contributed by atoms with E-state index in [0.717, 1.165) is 11.8 Å². The molecule has 0 spiro atoms. The fraction of sp³-hybridized carbons (Fsp3) is 1.00. The molecule has 2 aliphatic carbocycles. The average Bonchev–Trinajstić information content (AvgIpc) is 3.17. The van der Waals surface area contributed by atoms with Gasteiger partial charge in [-0.25, -0.2) is 0 Å². The molecule has 0 aromatic carbocycles. The van der Waals surface area contributed by atoms with Crippen LogP contribution in [0.2, 0.25) is 0 Å². The molecule has 0 aromatic rings. The first-order chi connectivity index (χ1) is 9.23. The molecule has 3 rings (SSSR count). The van der Waals surface area contributed by atoms with Crippen LogP contribution in [-0.4, -0.2) is 35.6 Å². The molecular weight excluding hydrogens is 244 g/mol. The smallest absolute Gasteiger partial charge is 0.0334 e. The van der Waals surface area contributed by atoms with Gasteiger partial charge in [0, 0.05) is 24.2 Å². The number of nitrogens with zero attached hydrogens (tertiary/aromatic N) is 1. The minimum Gasteiger partial charge on any atom is -0.308 e. The molecule has 2 unspecified atom stereocenters. The zero-order valence-electron chi connectivity index (χ0n) is 14.3. The zero-order chi connectivity index (χ0) is 14.6. The molecular formula is C18H34N2. The highest BCUT2D eigenvalue weighted by Gasteiger charge is 2.53. The van der Waals surface area contributed by atoms with E-state index in [9.17, 15) is 0 Å². The second-order valence-corrected chi connectivity index (χ2v) is 9.41. The van der Waals surface area contributed by atoms with Gasteiger partial charge in [0.1, 0.15) is 0 Å². The Morgan fingerprint density at radius 3 is 2.15 bits per heavy atom. The Morgan fingerprint density at radius 1 is 1.05 bits per heavy atom. The first-order valence-corrected chi connectivity index (χ1v) is 8.73. The van der Waals surface area contributed by atoms with E-state index in [2.05, 4.69) is 44.8 Å². The first-order valence-electron chi connectivity index (χ1n) is 8.73. The Labute approximate surface area is 125 Å². The zero-order valence-corrected chi connectivity index (χ0v) is 14.3. The van der Waals surface area contributed by atoms with Crippen LogP contribution < -0.4 is 5.32 Å². The summed E-state index contributed by atoms with van der Waals surface area (Å²) in [7, 11) is 0. The van der Waals surface area contributed by atoms with Gasteiger partial charge in [-0.2, -0.15) is 0 Å². The van der Waals surface area contributed by atoms with Gasteiger partial charge in [0.2, 0.25) is 0 Å². The monoisotopic (exact) mass is 278 g/mol. The summed E-state index contributed by atoms with van der Waals surface area (Å²) in [5.41, 5.74) is 1.25. The molecule has 3 fully saturated rings. The van der Waals surface area contributed by atoms with E-state index < -0.39 is 0 Å². The predicted molar refractivity (Wildman–Crippen MR) is 85.9 cm³/mol. The van der Waals surface area contributed by atoms with Gasteiger partial charge in [-0.1, -0.05) is 20.8 Å². The third kappa shape index (κ3) is 2.92. The molecule has 0 amide bonds. The molecule has 20 heavy (non-hydrogen) atoms. The fourth-order valence-corrected chi connectivity index (χ4v) is 4.03. The lowest BCUT2D eigenvalue weighted by Gasteiger charge is -2.53. The van der Waals surface area contributed by atoms with Crippen LogP contribution in [0.15, 0.2) is 0 Å². The summed E-state index contributed by atoms with van der Waals surface area (Å²) >= 11 is 0. The topological polar surface area (TPSA) is 15.3 Å². The van der Waals surface area contributed by atoms with Gasteiger partial charge in [-0.3, -0.25) is 4.90 Å². The lowest BCUT2D eigenvalue weighted by atomic mass is 9.82. The van der Waals surface area contributed by atoms with Gasteiger partial charge >= 0.3 is 0 Å². The maximum Gasteiger partial charge on any atom is 0.0334 e. The van der Waals surface area contributed by atoms with Crippen LogP contribution in [0.1, 0.15) is 66.7 Å². The van der Waals surface area contributed by atoms with Crippen molar-refractivity contribution in [3.63, 3.8) is 0 Å². The molecule has 1 saturated heterocycles. The SMILES string of the molecule is CC(C)(C)CCN1CC(C)(C2CC2)NCC1(C)C1CC1. The molecule has 0 aromatic heterocycles. The molecule has 2 saturated carbocycles. The molecule has 2 nitrogen and oxygen atoms in total. The van der Waals surface area contributed by atoms with Crippen molar-refractivity contribution in [3.05, 3.63) is 0 Å². The van der Waals surface area contributed by atoms with E-state index in [1.165, 1.54) is 51.7 Å². The van der Waals surface area contributed by atoms with Gasteiger partial charge in [0.15, 0.2) is 0 Å². The van der Waals surface area contributed by atoms with Gasteiger partial charge in [-0.15, -0.1) is 0 Å². The fourth-order valence-electron chi connectivity index (χ4n) is 4.03. The van der Waals surface area contributed by atoms with Crippen molar-refractivity contribution in [2.75, 3.05) is 19.6 Å². The third-order valence-electron chi connectivity index (χ3n) is 6.16. The molecule has 1 aliphatic heterocycles. The molecule has 116 valence electrons. The molecule has 2 heteroatoms. The van der Waals surface area contributed by atoms with E-state index in [1.807, 2.05) is 0 Å². The van der Waals surface area contributed by atoms with E-state index in [0.29, 0.717) is 16.5 Å². The van der Waals surface area contributed by atoms with Gasteiger partial charge < -0.3 is 5.32 Å². The molecule has 0 radical (unpaired) electrons. The van der Waals surface area contributed by atoms with Crippen molar-refractivity contribution in [2.24, 2.45) is 17.3 Å². The Bertz CT molecular complexity index is 364. The lowest BCUT2D eigenvalue weighted by molar-refractivity contribution is -0.00685. The van der Waals surface area contributed by atoms with Crippen LogP contribution >= 0.6 is 0 Å². The summed E-state index contributed by atoms with van der Waals surface area (Å²) in [4.78, 5) is 2.87. The summed E-state index contributed by atoms with van der Waals surface area (Å²) in [5.74, 6) is 1.88. The summed E-state index contributed by atoms with van der Waals surface area (Å²) in [5, 5.41) is 3.95.